The summed E-state index contributed by atoms with van der Waals surface area (Å²) in [6.07, 6.45) is 2.43. The van der Waals surface area contributed by atoms with Crippen molar-refractivity contribution in [1.29, 1.82) is 0 Å². The Kier molecular flexibility index (Phi) is 1.91. The smallest absolute Gasteiger partial charge is 0.253 e. The van der Waals surface area contributed by atoms with Crippen LogP contribution in [0.2, 0.25) is 0 Å². The summed E-state index contributed by atoms with van der Waals surface area (Å²) in [5.41, 5.74) is 0.0590. The normalized spacial score (nSPS) is 16.7. The molecule has 0 fully saturated rings. The van der Waals surface area contributed by atoms with E-state index in [9.17, 15) is 4.79 Å². The van der Waals surface area contributed by atoms with E-state index in [4.69, 9.17) is 0 Å². The molecule has 0 aliphatic carbocycles. The summed E-state index contributed by atoms with van der Waals surface area (Å²) in [7, 11) is 0. The van der Waals surface area contributed by atoms with E-state index < -0.39 is 0 Å². The molecule has 0 amide bonds. The molecule has 0 aromatic carbocycles. The van der Waals surface area contributed by atoms with Crippen molar-refractivity contribution < 1.29 is 0 Å². The van der Waals surface area contributed by atoms with Crippen LogP contribution in [-0.4, -0.2) is 22.6 Å². The Labute approximate surface area is 70.2 Å². The van der Waals surface area contributed by atoms with Crippen LogP contribution in [0.3, 0.4) is 0 Å². The molecule has 1 aromatic heterocycles. The molecular weight excluding hydrogens is 154 g/mol. The highest BCUT2D eigenvalue weighted by atomic mass is 16.1. The molecule has 0 spiro atoms. The van der Waals surface area contributed by atoms with Crippen LogP contribution in [0.5, 0.6) is 0 Å². The molecule has 0 saturated heterocycles. The van der Waals surface area contributed by atoms with Gasteiger partial charge in [0.25, 0.3) is 5.56 Å². The summed E-state index contributed by atoms with van der Waals surface area (Å²) < 4.78 is 1.74. The van der Waals surface area contributed by atoms with E-state index in [1.807, 2.05) is 0 Å². The van der Waals surface area contributed by atoms with Crippen LogP contribution in [0, 0.1) is 0 Å². The molecule has 0 bridgehead atoms. The summed E-state index contributed by atoms with van der Waals surface area (Å²) in [5.74, 6) is 0.896. The van der Waals surface area contributed by atoms with E-state index in [0.29, 0.717) is 0 Å². The fourth-order valence-electron chi connectivity index (χ4n) is 1.43. The number of fused-ring (bicyclic) bond motifs is 1. The zero-order valence-electron chi connectivity index (χ0n) is 6.79. The third-order valence-corrected chi connectivity index (χ3v) is 2.06. The zero-order valence-corrected chi connectivity index (χ0v) is 6.79. The van der Waals surface area contributed by atoms with Gasteiger partial charge >= 0.3 is 0 Å². The molecule has 1 aliphatic rings. The maximum atomic E-state index is 11.3. The molecule has 4 nitrogen and oxygen atoms in total. The zero-order chi connectivity index (χ0) is 8.39. The van der Waals surface area contributed by atoms with Crippen LogP contribution in [0.1, 0.15) is 5.82 Å². The van der Waals surface area contributed by atoms with Gasteiger partial charge in [-0.2, -0.15) is 0 Å². The van der Waals surface area contributed by atoms with Crippen molar-refractivity contribution in [1.82, 2.24) is 14.9 Å². The van der Waals surface area contributed by atoms with Gasteiger partial charge in [0.05, 0.1) is 0 Å². The van der Waals surface area contributed by atoms with Crippen molar-refractivity contribution in [3.63, 3.8) is 0 Å². The maximum absolute atomic E-state index is 11.3. The van der Waals surface area contributed by atoms with Crippen LogP contribution in [0.25, 0.3) is 0 Å². The maximum Gasteiger partial charge on any atom is 0.253 e. The Hall–Kier alpha value is -1.16. The standard InChI is InChI=1S/C8H11N3O/c12-8-2-4-10-7-1-3-9-5-6-11(7)8/h2,4,9H,1,3,5-6H2. The number of hydrogen-bond donors (Lipinski definition) is 1. The average molecular weight is 165 g/mol. The number of nitrogens with one attached hydrogen (secondary N) is 1. The van der Waals surface area contributed by atoms with Crippen molar-refractivity contribution in [2.45, 2.75) is 13.0 Å². The molecule has 0 radical (unpaired) electrons. The number of rotatable bonds is 0. The van der Waals surface area contributed by atoms with Gasteiger partial charge < -0.3 is 5.32 Å². The minimum absolute atomic E-state index is 0.0590. The molecular formula is C8H11N3O. The molecule has 0 atom stereocenters. The second kappa shape index (κ2) is 3.06. The Bertz CT molecular complexity index is 331. The van der Waals surface area contributed by atoms with Crippen LogP contribution in [0.15, 0.2) is 17.1 Å². The van der Waals surface area contributed by atoms with E-state index in [1.54, 1.807) is 10.8 Å². The molecule has 2 heterocycles. The molecule has 1 N–H and O–H groups in total. The number of nitrogens with zero attached hydrogens (tertiary/aromatic N) is 2. The average Bonchev–Trinajstić information content (AvgIpc) is 2.30. The second-order valence-corrected chi connectivity index (χ2v) is 2.85. The largest absolute Gasteiger partial charge is 0.315 e. The minimum Gasteiger partial charge on any atom is -0.315 e. The van der Waals surface area contributed by atoms with Gasteiger partial charge in [-0.25, -0.2) is 4.98 Å². The Morgan fingerprint density at radius 3 is 3.33 bits per heavy atom. The fraction of sp³-hybridized carbons (Fsp3) is 0.500. The first-order chi connectivity index (χ1) is 5.88. The molecule has 4 heteroatoms. The summed E-state index contributed by atoms with van der Waals surface area (Å²) in [6.45, 7) is 2.51. The highest BCUT2D eigenvalue weighted by Gasteiger charge is 2.07. The number of hydrogen-bond acceptors (Lipinski definition) is 3. The Morgan fingerprint density at radius 2 is 2.42 bits per heavy atom. The molecule has 0 saturated carbocycles. The summed E-state index contributed by atoms with van der Waals surface area (Å²) in [4.78, 5) is 15.5. The van der Waals surface area contributed by atoms with E-state index >= 15 is 0 Å². The van der Waals surface area contributed by atoms with Crippen molar-refractivity contribution in [2.24, 2.45) is 0 Å². The summed E-state index contributed by atoms with van der Waals surface area (Å²) in [6, 6.07) is 1.51. The van der Waals surface area contributed by atoms with Crippen molar-refractivity contribution in [2.75, 3.05) is 13.1 Å². The lowest BCUT2D eigenvalue weighted by Crippen LogP contribution is -2.25. The lowest BCUT2D eigenvalue weighted by atomic mass is 10.4. The SMILES string of the molecule is O=c1ccnc2n1CCNCC2. The monoisotopic (exact) mass is 165 g/mol. The van der Waals surface area contributed by atoms with Crippen molar-refractivity contribution in [3.05, 3.63) is 28.4 Å². The van der Waals surface area contributed by atoms with Crippen LogP contribution >= 0.6 is 0 Å². The van der Waals surface area contributed by atoms with Crippen LogP contribution in [-0.2, 0) is 13.0 Å². The molecule has 2 rings (SSSR count). The third kappa shape index (κ3) is 1.25. The first-order valence-electron chi connectivity index (χ1n) is 4.13. The molecule has 1 aromatic rings. The highest BCUT2D eigenvalue weighted by molar-refractivity contribution is 4.95. The highest BCUT2D eigenvalue weighted by Crippen LogP contribution is 1.95. The van der Waals surface area contributed by atoms with Crippen molar-refractivity contribution >= 4 is 0 Å². The molecule has 0 unspecified atom stereocenters. The second-order valence-electron chi connectivity index (χ2n) is 2.85. The topological polar surface area (TPSA) is 46.9 Å². The van der Waals surface area contributed by atoms with Gasteiger partial charge in [0, 0.05) is 38.3 Å². The van der Waals surface area contributed by atoms with Gasteiger partial charge in [0.15, 0.2) is 0 Å². The van der Waals surface area contributed by atoms with Crippen molar-refractivity contribution in [3.8, 4) is 0 Å². The fourth-order valence-corrected chi connectivity index (χ4v) is 1.43. The van der Waals surface area contributed by atoms with Gasteiger partial charge in [-0.3, -0.25) is 9.36 Å². The Balaban J connectivity index is 2.49. The predicted molar refractivity (Wildman–Crippen MR) is 45.1 cm³/mol. The summed E-state index contributed by atoms with van der Waals surface area (Å²) >= 11 is 0. The van der Waals surface area contributed by atoms with E-state index in [1.165, 1.54) is 6.07 Å². The third-order valence-electron chi connectivity index (χ3n) is 2.06. The van der Waals surface area contributed by atoms with Crippen LogP contribution in [0.4, 0.5) is 0 Å². The lowest BCUT2D eigenvalue weighted by molar-refractivity contribution is 0.622. The minimum atomic E-state index is 0.0590. The van der Waals surface area contributed by atoms with Gasteiger partial charge in [0.1, 0.15) is 5.82 Å². The quantitative estimate of drug-likeness (QED) is 0.558. The van der Waals surface area contributed by atoms with E-state index in [-0.39, 0.29) is 5.56 Å². The van der Waals surface area contributed by atoms with Gasteiger partial charge in [-0.15, -0.1) is 0 Å². The van der Waals surface area contributed by atoms with Crippen LogP contribution < -0.4 is 10.9 Å². The van der Waals surface area contributed by atoms with Gasteiger partial charge in [-0.1, -0.05) is 0 Å². The molecule has 64 valence electrons. The van der Waals surface area contributed by atoms with E-state index in [0.717, 1.165) is 31.9 Å². The lowest BCUT2D eigenvalue weighted by Gasteiger charge is -2.04. The molecule has 12 heavy (non-hydrogen) atoms. The van der Waals surface area contributed by atoms with Gasteiger partial charge in [-0.05, 0) is 0 Å². The number of aromatic nitrogens is 2. The van der Waals surface area contributed by atoms with Gasteiger partial charge in [0.2, 0.25) is 0 Å². The Morgan fingerprint density at radius 1 is 1.50 bits per heavy atom. The first kappa shape index (κ1) is 7.49. The first-order valence-corrected chi connectivity index (χ1v) is 4.13. The predicted octanol–water partition coefficient (Wildman–Crippen LogP) is -0.611. The summed E-state index contributed by atoms with van der Waals surface area (Å²) in [5, 5.41) is 3.22. The molecule has 1 aliphatic heterocycles. The van der Waals surface area contributed by atoms with E-state index in [2.05, 4.69) is 10.3 Å².